The largest absolute Gasteiger partial charge is 0.491 e. The summed E-state index contributed by atoms with van der Waals surface area (Å²) < 4.78 is 17.1. The molecule has 0 aromatic heterocycles. The number of hydrogen-bond acceptors (Lipinski definition) is 4. The molecule has 1 fully saturated rings. The molecule has 1 aromatic rings. The van der Waals surface area contributed by atoms with Gasteiger partial charge in [-0.15, -0.1) is 0 Å². The number of ether oxygens (including phenoxy) is 3. The monoisotopic (exact) mass is 355 g/mol. The molecule has 1 atom stereocenters. The summed E-state index contributed by atoms with van der Waals surface area (Å²) in [4.78, 5) is 14.2. The highest BCUT2D eigenvalue weighted by Crippen LogP contribution is 2.30. The highest BCUT2D eigenvalue weighted by Gasteiger charge is 2.46. The predicted molar refractivity (Wildman–Crippen MR) is 93.6 cm³/mol. The molecule has 0 unspecified atom stereocenters. The Hall–Kier alpha value is -1.46. The van der Waals surface area contributed by atoms with Crippen molar-refractivity contribution < 1.29 is 19.0 Å². The van der Waals surface area contributed by atoms with Gasteiger partial charge in [0.25, 0.3) is 0 Å². The summed E-state index contributed by atoms with van der Waals surface area (Å²) >= 11 is 6.03. The van der Waals surface area contributed by atoms with E-state index in [1.165, 1.54) is 0 Å². The number of hydrogen-bond donors (Lipinski definition) is 0. The summed E-state index contributed by atoms with van der Waals surface area (Å²) in [5, 5.41) is 0.697. The maximum atomic E-state index is 12.5. The van der Waals surface area contributed by atoms with E-state index in [9.17, 15) is 4.79 Å². The van der Waals surface area contributed by atoms with E-state index in [1.807, 2.05) is 53.7 Å². The molecule has 0 bridgehead atoms. The van der Waals surface area contributed by atoms with Crippen LogP contribution in [0.1, 0.15) is 40.2 Å². The molecule has 2 rings (SSSR count). The minimum Gasteiger partial charge on any atom is -0.491 e. The average molecular weight is 356 g/mol. The Balaban J connectivity index is 2.07. The first-order valence-corrected chi connectivity index (χ1v) is 8.42. The number of amides is 1. The topological polar surface area (TPSA) is 48.0 Å². The van der Waals surface area contributed by atoms with Crippen molar-refractivity contribution in [2.24, 2.45) is 0 Å². The number of carbonyl (C=O) groups is 1. The first-order chi connectivity index (χ1) is 11.0. The fraction of sp³-hybridized carbons (Fsp3) is 0.611. The molecule has 0 radical (unpaired) electrons. The van der Waals surface area contributed by atoms with Gasteiger partial charge in [-0.25, -0.2) is 4.79 Å². The van der Waals surface area contributed by atoms with E-state index in [4.69, 9.17) is 25.8 Å². The van der Waals surface area contributed by atoms with Gasteiger partial charge in [-0.3, -0.25) is 4.90 Å². The minimum absolute atomic E-state index is 0.217. The van der Waals surface area contributed by atoms with Crippen LogP contribution in [-0.4, -0.2) is 41.6 Å². The summed E-state index contributed by atoms with van der Waals surface area (Å²) in [6, 6.07) is 5.27. The summed E-state index contributed by atoms with van der Waals surface area (Å²) in [6.07, 6.45) is -0.397. The van der Waals surface area contributed by atoms with Crippen molar-refractivity contribution in [1.82, 2.24) is 4.90 Å². The third-order valence-corrected chi connectivity index (χ3v) is 4.16. The molecule has 0 aliphatic carbocycles. The number of benzene rings is 1. The number of rotatable bonds is 3. The van der Waals surface area contributed by atoms with Crippen molar-refractivity contribution in [2.75, 3.05) is 13.2 Å². The summed E-state index contributed by atoms with van der Waals surface area (Å²) in [6.45, 7) is 11.9. The third kappa shape index (κ3) is 4.54. The molecule has 0 N–H and O–H groups in total. The number of nitrogens with zero attached hydrogens (tertiary/aromatic N) is 1. The lowest BCUT2D eigenvalue weighted by atomic mass is 10.2. The lowest BCUT2D eigenvalue weighted by Crippen LogP contribution is -2.51. The van der Waals surface area contributed by atoms with Crippen LogP contribution in [0.2, 0.25) is 5.02 Å². The maximum absolute atomic E-state index is 12.5. The second-order valence-electron chi connectivity index (χ2n) is 7.48. The summed E-state index contributed by atoms with van der Waals surface area (Å²) in [5.74, 6) is 0.714. The molecule has 1 aromatic carbocycles. The molecule has 0 saturated carbocycles. The molecule has 134 valence electrons. The second-order valence-corrected chi connectivity index (χ2v) is 7.89. The zero-order valence-corrected chi connectivity index (χ0v) is 15.9. The quantitative estimate of drug-likeness (QED) is 0.806. The molecular weight excluding hydrogens is 330 g/mol. The molecule has 1 saturated heterocycles. The summed E-state index contributed by atoms with van der Waals surface area (Å²) in [5.41, 5.74) is -0.345. The van der Waals surface area contributed by atoms with Crippen molar-refractivity contribution in [3.8, 4) is 5.75 Å². The molecule has 1 heterocycles. The number of aryl methyl sites for hydroxylation is 1. The van der Waals surface area contributed by atoms with E-state index in [0.717, 1.165) is 5.56 Å². The number of carbonyl (C=O) groups excluding carboxylic acids is 1. The van der Waals surface area contributed by atoms with Crippen molar-refractivity contribution in [3.63, 3.8) is 0 Å². The zero-order valence-electron chi connectivity index (χ0n) is 15.2. The first kappa shape index (κ1) is 18.9. The van der Waals surface area contributed by atoms with E-state index in [0.29, 0.717) is 24.0 Å². The molecule has 0 spiro atoms. The van der Waals surface area contributed by atoms with Crippen molar-refractivity contribution in [1.29, 1.82) is 0 Å². The molecule has 24 heavy (non-hydrogen) atoms. The normalized spacial score (nSPS) is 20.1. The van der Waals surface area contributed by atoms with Crippen LogP contribution in [0.5, 0.6) is 5.75 Å². The fourth-order valence-corrected chi connectivity index (χ4v) is 2.70. The van der Waals surface area contributed by atoms with Crippen LogP contribution in [0.25, 0.3) is 0 Å². The van der Waals surface area contributed by atoms with Crippen molar-refractivity contribution in [2.45, 2.75) is 58.9 Å². The van der Waals surface area contributed by atoms with Gasteiger partial charge in [0.15, 0.2) is 0 Å². The Morgan fingerprint density at radius 2 is 2.08 bits per heavy atom. The van der Waals surface area contributed by atoms with Crippen LogP contribution in [-0.2, 0) is 9.47 Å². The molecule has 5 nitrogen and oxygen atoms in total. The van der Waals surface area contributed by atoms with Gasteiger partial charge >= 0.3 is 6.09 Å². The van der Waals surface area contributed by atoms with Crippen LogP contribution in [0, 0.1) is 6.92 Å². The SMILES string of the molecule is Cc1cc(OC[C@@H]2COC(C)(C)N2C(=O)OC(C)(C)C)ccc1Cl. The molecule has 1 amide bonds. The predicted octanol–water partition coefficient (Wildman–Crippen LogP) is 4.40. The lowest BCUT2D eigenvalue weighted by Gasteiger charge is -2.35. The average Bonchev–Trinajstić information content (AvgIpc) is 2.73. The smallest absolute Gasteiger partial charge is 0.413 e. The van der Waals surface area contributed by atoms with E-state index in [1.54, 1.807) is 11.0 Å². The van der Waals surface area contributed by atoms with Crippen LogP contribution >= 0.6 is 11.6 Å². The van der Waals surface area contributed by atoms with Gasteiger partial charge in [0, 0.05) is 5.02 Å². The maximum Gasteiger partial charge on any atom is 0.413 e. The fourth-order valence-electron chi connectivity index (χ4n) is 2.59. The van der Waals surface area contributed by atoms with E-state index < -0.39 is 17.4 Å². The van der Waals surface area contributed by atoms with E-state index in [-0.39, 0.29) is 6.04 Å². The van der Waals surface area contributed by atoms with Crippen LogP contribution in [0.15, 0.2) is 18.2 Å². The van der Waals surface area contributed by atoms with Gasteiger partial charge in [0.05, 0.1) is 12.6 Å². The lowest BCUT2D eigenvalue weighted by molar-refractivity contribution is -0.0637. The van der Waals surface area contributed by atoms with Crippen LogP contribution in [0.3, 0.4) is 0 Å². The van der Waals surface area contributed by atoms with Gasteiger partial charge in [0.2, 0.25) is 0 Å². The van der Waals surface area contributed by atoms with Gasteiger partial charge < -0.3 is 14.2 Å². The molecule has 1 aliphatic rings. The Morgan fingerprint density at radius 3 is 2.67 bits per heavy atom. The van der Waals surface area contributed by atoms with E-state index >= 15 is 0 Å². The Bertz CT molecular complexity index is 610. The van der Waals surface area contributed by atoms with Gasteiger partial charge in [-0.2, -0.15) is 0 Å². The number of halogens is 1. The second kappa shape index (κ2) is 6.81. The van der Waals surface area contributed by atoms with Crippen molar-refractivity contribution in [3.05, 3.63) is 28.8 Å². The van der Waals surface area contributed by atoms with Gasteiger partial charge in [-0.1, -0.05) is 11.6 Å². The van der Waals surface area contributed by atoms with Crippen molar-refractivity contribution >= 4 is 17.7 Å². The first-order valence-electron chi connectivity index (χ1n) is 8.05. The Labute approximate surface area is 148 Å². The zero-order chi connectivity index (χ0) is 18.1. The standard InChI is InChI=1S/C18H26ClNO4/c1-12-9-14(7-8-15(12)19)22-10-13-11-23-18(5,6)20(13)16(21)24-17(2,3)4/h7-9,13H,10-11H2,1-6H3/t13-/m1/s1. The highest BCUT2D eigenvalue weighted by atomic mass is 35.5. The van der Waals surface area contributed by atoms with Crippen LogP contribution in [0.4, 0.5) is 4.79 Å². The molecular formula is C18H26ClNO4. The van der Waals surface area contributed by atoms with Gasteiger partial charge in [-0.05, 0) is 65.3 Å². The third-order valence-electron chi connectivity index (χ3n) is 3.74. The van der Waals surface area contributed by atoms with Gasteiger partial charge in [0.1, 0.15) is 23.7 Å². The molecule has 1 aliphatic heterocycles. The summed E-state index contributed by atoms with van der Waals surface area (Å²) in [7, 11) is 0. The minimum atomic E-state index is -0.730. The Morgan fingerprint density at radius 1 is 1.42 bits per heavy atom. The molecule has 6 heteroatoms. The Kier molecular flexibility index (Phi) is 5.35. The van der Waals surface area contributed by atoms with E-state index in [2.05, 4.69) is 0 Å². The van der Waals surface area contributed by atoms with Crippen LogP contribution < -0.4 is 4.74 Å². The highest BCUT2D eigenvalue weighted by molar-refractivity contribution is 6.31.